The highest BCUT2D eigenvalue weighted by Crippen LogP contribution is 2.15. The summed E-state index contributed by atoms with van der Waals surface area (Å²) >= 11 is 0. The molecule has 9 heteroatoms. The third-order valence-corrected chi connectivity index (χ3v) is 3.58. The maximum absolute atomic E-state index is 12.6. The summed E-state index contributed by atoms with van der Waals surface area (Å²) in [4.78, 5) is 44.1. The molecule has 1 aromatic carbocycles. The number of carboxylic acids is 1. The molecule has 0 radical (unpaired) electrons. The van der Waals surface area contributed by atoms with Gasteiger partial charge in [-0.05, 0) is 19.1 Å². The van der Waals surface area contributed by atoms with E-state index in [0.29, 0.717) is 0 Å². The molecule has 0 aliphatic carbocycles. The second-order valence-electron chi connectivity index (χ2n) is 5.19. The minimum absolute atomic E-state index is 0.0756. The van der Waals surface area contributed by atoms with Crippen molar-refractivity contribution in [1.29, 1.82) is 0 Å². The van der Waals surface area contributed by atoms with Gasteiger partial charge >= 0.3 is 5.97 Å². The average molecular weight is 339 g/mol. The van der Waals surface area contributed by atoms with Crippen LogP contribution in [0.1, 0.15) is 23.5 Å². The second kappa shape index (κ2) is 6.48. The maximum Gasteiger partial charge on any atom is 0.357 e. The molecule has 0 spiro atoms. The minimum atomic E-state index is -1.29. The van der Waals surface area contributed by atoms with Crippen molar-refractivity contribution in [1.82, 2.24) is 19.7 Å². The van der Waals surface area contributed by atoms with Gasteiger partial charge in [0.15, 0.2) is 5.69 Å². The third-order valence-electron chi connectivity index (χ3n) is 3.58. The third kappa shape index (κ3) is 3.07. The van der Waals surface area contributed by atoms with Crippen LogP contribution in [0.3, 0.4) is 0 Å². The van der Waals surface area contributed by atoms with E-state index in [1.807, 2.05) is 0 Å². The number of carbonyl (C=O) groups is 2. The lowest BCUT2D eigenvalue weighted by Gasteiger charge is -2.15. The predicted octanol–water partition coefficient (Wildman–Crippen LogP) is 1.08. The monoisotopic (exact) mass is 339 g/mol. The summed E-state index contributed by atoms with van der Waals surface area (Å²) in [5.74, 6) is -1.80. The first kappa shape index (κ1) is 16.2. The van der Waals surface area contributed by atoms with E-state index in [9.17, 15) is 19.5 Å². The van der Waals surface area contributed by atoms with Gasteiger partial charge in [0, 0.05) is 17.8 Å². The van der Waals surface area contributed by atoms with E-state index in [1.165, 1.54) is 31.5 Å². The number of hydrogen-bond donors (Lipinski definition) is 2. The summed E-state index contributed by atoms with van der Waals surface area (Å²) in [6.07, 6.45) is 2.91. The summed E-state index contributed by atoms with van der Waals surface area (Å²) in [5, 5.41) is 16.1. The largest absolute Gasteiger partial charge is 0.476 e. The highest BCUT2D eigenvalue weighted by Gasteiger charge is 2.23. The number of aromatic nitrogens is 4. The highest BCUT2D eigenvalue weighted by atomic mass is 16.4. The number of carboxylic acid groups (broad SMARTS) is 1. The number of anilines is 1. The van der Waals surface area contributed by atoms with E-state index in [0.717, 1.165) is 4.68 Å². The van der Waals surface area contributed by atoms with Crippen molar-refractivity contribution in [2.75, 3.05) is 5.32 Å². The van der Waals surface area contributed by atoms with Gasteiger partial charge in [-0.25, -0.2) is 19.4 Å². The Morgan fingerprint density at radius 1 is 1.12 bits per heavy atom. The molecular formula is C16H13N5O4. The highest BCUT2D eigenvalue weighted by molar-refractivity contribution is 6.01. The predicted molar refractivity (Wildman–Crippen MR) is 88.3 cm³/mol. The Morgan fingerprint density at radius 3 is 2.40 bits per heavy atom. The molecule has 0 unspecified atom stereocenters. The van der Waals surface area contributed by atoms with Crippen LogP contribution < -0.4 is 10.9 Å². The lowest BCUT2D eigenvalue weighted by Crippen LogP contribution is -2.35. The van der Waals surface area contributed by atoms with Crippen molar-refractivity contribution in [3.05, 3.63) is 58.8 Å². The zero-order valence-corrected chi connectivity index (χ0v) is 13.1. The smallest absolute Gasteiger partial charge is 0.357 e. The van der Waals surface area contributed by atoms with Gasteiger partial charge in [0.2, 0.25) is 5.95 Å². The number of aromatic carboxylic acids is 1. The summed E-state index contributed by atoms with van der Waals surface area (Å²) in [6, 6.07) is 6.76. The quantitative estimate of drug-likeness (QED) is 0.728. The molecule has 25 heavy (non-hydrogen) atoms. The van der Waals surface area contributed by atoms with E-state index in [1.54, 1.807) is 18.2 Å². The molecule has 9 nitrogen and oxygen atoms in total. The molecular weight excluding hydrogens is 326 g/mol. The van der Waals surface area contributed by atoms with Crippen molar-refractivity contribution >= 4 is 28.6 Å². The molecule has 0 saturated carbocycles. The molecule has 0 aliphatic heterocycles. The molecule has 0 aliphatic rings. The number of amides is 1. The molecule has 2 N–H and O–H groups in total. The number of nitrogens with one attached hydrogen (secondary N) is 1. The number of nitrogens with zero attached hydrogens (tertiary/aromatic N) is 4. The number of hydrogen-bond acceptors (Lipinski definition) is 6. The van der Waals surface area contributed by atoms with Crippen molar-refractivity contribution in [2.45, 2.75) is 13.0 Å². The Hall–Kier alpha value is -3.62. The lowest BCUT2D eigenvalue weighted by atomic mass is 10.1. The minimum Gasteiger partial charge on any atom is -0.476 e. The topological polar surface area (TPSA) is 127 Å². The van der Waals surface area contributed by atoms with Gasteiger partial charge in [-0.3, -0.25) is 14.9 Å². The summed E-state index contributed by atoms with van der Waals surface area (Å²) in [5.41, 5.74) is -0.858. The molecule has 0 fully saturated rings. The molecule has 3 rings (SSSR count). The zero-order valence-electron chi connectivity index (χ0n) is 13.1. The molecule has 0 bridgehead atoms. The van der Waals surface area contributed by atoms with Crippen molar-refractivity contribution < 1.29 is 14.7 Å². The van der Waals surface area contributed by atoms with Crippen LogP contribution in [0.2, 0.25) is 0 Å². The van der Waals surface area contributed by atoms with Crippen molar-refractivity contribution in [2.24, 2.45) is 0 Å². The van der Waals surface area contributed by atoms with Crippen LogP contribution >= 0.6 is 0 Å². The molecule has 1 amide bonds. The summed E-state index contributed by atoms with van der Waals surface area (Å²) in [7, 11) is 0. The summed E-state index contributed by atoms with van der Waals surface area (Å²) in [6.45, 7) is 1.44. The second-order valence-corrected chi connectivity index (χ2v) is 5.19. The number of rotatable bonds is 4. The first-order chi connectivity index (χ1) is 12.0. The Kier molecular flexibility index (Phi) is 4.21. The Labute approximate surface area is 141 Å². The van der Waals surface area contributed by atoms with Crippen LogP contribution in [0.25, 0.3) is 10.8 Å². The van der Waals surface area contributed by atoms with E-state index < -0.39 is 23.5 Å². The van der Waals surface area contributed by atoms with Crippen molar-refractivity contribution in [3.8, 4) is 0 Å². The fourth-order valence-electron chi connectivity index (χ4n) is 2.32. The van der Waals surface area contributed by atoms with Crippen LogP contribution in [-0.4, -0.2) is 36.7 Å². The lowest BCUT2D eigenvalue weighted by molar-refractivity contribution is -0.119. The van der Waals surface area contributed by atoms with Gasteiger partial charge in [-0.15, -0.1) is 0 Å². The fraction of sp³-hybridized carbons (Fsp3) is 0.125. The van der Waals surface area contributed by atoms with E-state index in [4.69, 9.17) is 0 Å². The van der Waals surface area contributed by atoms with Crippen LogP contribution in [0.15, 0.2) is 47.5 Å². The first-order valence-electron chi connectivity index (χ1n) is 7.32. The average Bonchev–Trinajstić information content (AvgIpc) is 2.62. The Balaban J connectivity index is 2.05. The van der Waals surface area contributed by atoms with Crippen molar-refractivity contribution in [3.63, 3.8) is 0 Å². The van der Waals surface area contributed by atoms with Crippen LogP contribution in [0.5, 0.6) is 0 Å². The standard InChI is InChI=1S/C16H13N5O4/c1-9(13(22)19-16-17-7-4-8-18-16)21-14(23)11-6-3-2-5-10(11)12(20-21)15(24)25/h2-9H,1H3,(H,24,25)(H,17,18,19,22)/t9-/m0/s1. The van der Waals surface area contributed by atoms with Crippen LogP contribution in [0, 0.1) is 0 Å². The Morgan fingerprint density at radius 2 is 1.76 bits per heavy atom. The van der Waals surface area contributed by atoms with Gasteiger partial charge in [0.05, 0.1) is 5.39 Å². The van der Waals surface area contributed by atoms with Crippen LogP contribution in [0.4, 0.5) is 5.95 Å². The van der Waals surface area contributed by atoms with Gasteiger partial charge in [-0.2, -0.15) is 5.10 Å². The molecule has 1 atom stereocenters. The number of benzene rings is 1. The van der Waals surface area contributed by atoms with Gasteiger partial charge in [0.25, 0.3) is 11.5 Å². The fourth-order valence-corrected chi connectivity index (χ4v) is 2.32. The summed E-state index contributed by atoms with van der Waals surface area (Å²) < 4.78 is 0.851. The first-order valence-corrected chi connectivity index (χ1v) is 7.32. The van der Waals surface area contributed by atoms with Gasteiger partial charge in [-0.1, -0.05) is 18.2 Å². The SMILES string of the molecule is C[C@@H](C(=O)Nc1ncccn1)n1nc(C(=O)O)c2ccccc2c1=O. The Bertz CT molecular complexity index is 1020. The number of fused-ring (bicyclic) bond motifs is 1. The van der Waals surface area contributed by atoms with Gasteiger partial charge < -0.3 is 5.11 Å². The van der Waals surface area contributed by atoms with E-state index in [2.05, 4.69) is 20.4 Å². The van der Waals surface area contributed by atoms with Gasteiger partial charge in [0.1, 0.15) is 6.04 Å². The van der Waals surface area contributed by atoms with E-state index >= 15 is 0 Å². The number of carbonyl (C=O) groups excluding carboxylic acids is 1. The molecule has 2 heterocycles. The molecule has 2 aromatic heterocycles. The van der Waals surface area contributed by atoms with Crippen LogP contribution in [-0.2, 0) is 4.79 Å². The molecule has 126 valence electrons. The molecule has 3 aromatic rings. The maximum atomic E-state index is 12.6. The zero-order chi connectivity index (χ0) is 18.0. The van der Waals surface area contributed by atoms with E-state index in [-0.39, 0.29) is 22.4 Å². The molecule has 0 saturated heterocycles. The normalized spacial score (nSPS) is 11.9.